The lowest BCUT2D eigenvalue weighted by molar-refractivity contribution is -0.137. The Morgan fingerprint density at radius 3 is 2.35 bits per heavy atom. The molecule has 0 spiro atoms. The summed E-state index contributed by atoms with van der Waals surface area (Å²) in [5.74, 6) is -1.02. The summed E-state index contributed by atoms with van der Waals surface area (Å²) in [6, 6.07) is 9.65. The Bertz CT molecular complexity index is 825. The number of alkyl halides is 3. The van der Waals surface area contributed by atoms with Gasteiger partial charge >= 0.3 is 6.18 Å². The number of benzene rings is 2. The average Bonchev–Trinajstić information content (AvgIpc) is 2.52. The minimum absolute atomic E-state index is 0.0127. The zero-order valence-electron chi connectivity index (χ0n) is 13.6. The van der Waals surface area contributed by atoms with Gasteiger partial charge in [-0.15, -0.1) is 0 Å². The topological polar surface area (TPSA) is 70.2 Å². The van der Waals surface area contributed by atoms with Crippen LogP contribution in [0.5, 0.6) is 0 Å². The zero-order chi connectivity index (χ0) is 19.3. The maximum Gasteiger partial charge on any atom is 0.418 e. The quantitative estimate of drug-likeness (QED) is 0.716. The minimum atomic E-state index is -4.65. The number of hydrogen-bond donors (Lipinski definition) is 3. The van der Waals surface area contributed by atoms with E-state index in [1.807, 2.05) is 0 Å². The van der Waals surface area contributed by atoms with Crippen molar-refractivity contribution in [1.29, 1.82) is 0 Å². The van der Waals surface area contributed by atoms with E-state index >= 15 is 0 Å². The van der Waals surface area contributed by atoms with Gasteiger partial charge in [-0.2, -0.15) is 13.2 Å². The van der Waals surface area contributed by atoms with E-state index in [2.05, 4.69) is 16.0 Å². The molecule has 0 atom stereocenters. The van der Waals surface area contributed by atoms with E-state index in [-0.39, 0.29) is 17.9 Å². The maximum absolute atomic E-state index is 13.2. The molecule has 0 fully saturated rings. The average molecular weight is 386 g/mol. The highest BCUT2D eigenvalue weighted by atomic mass is 35.5. The Labute approximate surface area is 152 Å². The van der Waals surface area contributed by atoms with Crippen LogP contribution in [0.2, 0.25) is 5.02 Å². The molecule has 2 aromatic rings. The summed E-state index contributed by atoms with van der Waals surface area (Å²) in [6.07, 6.45) is -4.65. The molecule has 0 bridgehead atoms. The lowest BCUT2D eigenvalue weighted by atomic mass is 10.1. The number of amides is 2. The molecule has 9 heteroatoms. The molecule has 0 aliphatic rings. The van der Waals surface area contributed by atoms with Gasteiger partial charge in [0.2, 0.25) is 11.8 Å². The summed E-state index contributed by atoms with van der Waals surface area (Å²) in [7, 11) is 0. The molecule has 2 rings (SSSR count). The second kappa shape index (κ2) is 8.09. The first-order chi connectivity index (χ1) is 12.1. The predicted octanol–water partition coefficient (Wildman–Crippen LogP) is 4.37. The van der Waals surface area contributed by atoms with Crippen LogP contribution in [0.15, 0.2) is 42.5 Å². The third-order valence-corrected chi connectivity index (χ3v) is 3.43. The van der Waals surface area contributed by atoms with Crippen molar-refractivity contribution in [3.05, 3.63) is 53.1 Å². The number of carbonyl (C=O) groups excluding carboxylic acids is 2. The van der Waals surface area contributed by atoms with E-state index in [9.17, 15) is 22.8 Å². The molecule has 0 heterocycles. The highest BCUT2D eigenvalue weighted by molar-refractivity contribution is 6.30. The Kier molecular flexibility index (Phi) is 6.10. The number of rotatable bonds is 5. The molecule has 0 aliphatic heterocycles. The molecule has 0 unspecified atom stereocenters. The largest absolute Gasteiger partial charge is 0.418 e. The van der Waals surface area contributed by atoms with Crippen LogP contribution in [-0.2, 0) is 15.8 Å². The molecule has 26 heavy (non-hydrogen) atoms. The third kappa shape index (κ3) is 5.66. The van der Waals surface area contributed by atoms with Crippen molar-refractivity contribution in [2.45, 2.75) is 13.1 Å². The molecule has 2 amide bonds. The molecule has 2 aromatic carbocycles. The van der Waals surface area contributed by atoms with Crippen LogP contribution in [0.25, 0.3) is 0 Å². The first-order valence-electron chi connectivity index (χ1n) is 7.43. The minimum Gasteiger partial charge on any atom is -0.376 e. The van der Waals surface area contributed by atoms with Crippen molar-refractivity contribution in [2.24, 2.45) is 0 Å². The second-order valence-electron chi connectivity index (χ2n) is 5.35. The molecular weight excluding hydrogens is 371 g/mol. The highest BCUT2D eigenvalue weighted by Crippen LogP contribution is 2.36. The van der Waals surface area contributed by atoms with Crippen molar-refractivity contribution in [1.82, 2.24) is 0 Å². The smallest absolute Gasteiger partial charge is 0.376 e. The van der Waals surface area contributed by atoms with Crippen molar-refractivity contribution >= 4 is 40.5 Å². The van der Waals surface area contributed by atoms with E-state index in [0.29, 0.717) is 10.7 Å². The van der Waals surface area contributed by atoms with Gasteiger partial charge in [-0.05, 0) is 36.4 Å². The third-order valence-electron chi connectivity index (χ3n) is 3.19. The number of nitrogens with one attached hydrogen (secondary N) is 3. The van der Waals surface area contributed by atoms with Crippen LogP contribution in [0, 0.1) is 0 Å². The SMILES string of the molecule is CC(=O)Nc1ccc(NCC(=O)Nc2cccc(Cl)c2)c(C(F)(F)F)c1. The predicted molar refractivity (Wildman–Crippen MR) is 94.3 cm³/mol. The van der Waals surface area contributed by atoms with Crippen LogP contribution < -0.4 is 16.0 Å². The highest BCUT2D eigenvalue weighted by Gasteiger charge is 2.34. The number of anilines is 3. The standard InChI is InChI=1S/C17H15ClF3N3O2/c1-10(25)23-13-5-6-15(14(8-13)17(19,20)21)22-9-16(26)24-12-4-2-3-11(18)7-12/h2-8,22H,9H2,1H3,(H,23,25)(H,24,26). The van der Waals surface area contributed by atoms with Gasteiger partial charge in [-0.25, -0.2) is 0 Å². The van der Waals surface area contributed by atoms with Gasteiger partial charge in [0.15, 0.2) is 0 Å². The molecule has 0 saturated heterocycles. The Morgan fingerprint density at radius 2 is 1.73 bits per heavy atom. The van der Waals surface area contributed by atoms with Crippen LogP contribution in [0.3, 0.4) is 0 Å². The zero-order valence-corrected chi connectivity index (χ0v) is 14.3. The van der Waals surface area contributed by atoms with Gasteiger partial charge < -0.3 is 16.0 Å². The van der Waals surface area contributed by atoms with E-state index in [1.165, 1.54) is 19.1 Å². The summed E-state index contributed by atoms with van der Waals surface area (Å²) in [6.45, 7) is 0.814. The lowest BCUT2D eigenvalue weighted by Crippen LogP contribution is -2.23. The fourth-order valence-electron chi connectivity index (χ4n) is 2.16. The van der Waals surface area contributed by atoms with Gasteiger partial charge in [0.25, 0.3) is 0 Å². The normalized spacial score (nSPS) is 11.0. The van der Waals surface area contributed by atoms with Crippen molar-refractivity contribution < 1.29 is 22.8 Å². The Hall–Kier alpha value is -2.74. The molecule has 0 radical (unpaired) electrons. The fourth-order valence-corrected chi connectivity index (χ4v) is 2.35. The Morgan fingerprint density at radius 1 is 1.04 bits per heavy atom. The summed E-state index contributed by atoms with van der Waals surface area (Å²) in [5.41, 5.74) is -0.813. The number of carbonyl (C=O) groups is 2. The van der Waals surface area contributed by atoms with Gasteiger partial charge in [-0.1, -0.05) is 17.7 Å². The van der Waals surface area contributed by atoms with E-state index in [1.54, 1.807) is 18.2 Å². The van der Waals surface area contributed by atoms with Gasteiger partial charge in [0.05, 0.1) is 12.1 Å². The molecular formula is C17H15ClF3N3O2. The van der Waals surface area contributed by atoms with Crippen molar-refractivity contribution in [3.8, 4) is 0 Å². The van der Waals surface area contributed by atoms with Crippen LogP contribution >= 0.6 is 11.6 Å². The summed E-state index contributed by atoms with van der Waals surface area (Å²) < 4.78 is 39.6. The van der Waals surface area contributed by atoms with Gasteiger partial charge in [-0.3, -0.25) is 9.59 Å². The van der Waals surface area contributed by atoms with Gasteiger partial charge in [0.1, 0.15) is 0 Å². The van der Waals surface area contributed by atoms with Crippen molar-refractivity contribution in [2.75, 3.05) is 22.5 Å². The first-order valence-corrected chi connectivity index (χ1v) is 7.81. The van der Waals surface area contributed by atoms with Crippen LogP contribution in [0.4, 0.5) is 30.2 Å². The maximum atomic E-state index is 13.2. The molecule has 0 saturated carbocycles. The number of hydrogen-bond acceptors (Lipinski definition) is 3. The molecule has 5 nitrogen and oxygen atoms in total. The van der Waals surface area contributed by atoms with Crippen LogP contribution in [-0.4, -0.2) is 18.4 Å². The molecule has 0 aromatic heterocycles. The second-order valence-corrected chi connectivity index (χ2v) is 5.79. The van der Waals surface area contributed by atoms with Crippen LogP contribution in [0.1, 0.15) is 12.5 Å². The summed E-state index contributed by atoms with van der Waals surface area (Å²) in [5, 5.41) is 7.69. The lowest BCUT2D eigenvalue weighted by Gasteiger charge is -2.16. The molecule has 3 N–H and O–H groups in total. The molecule has 138 valence electrons. The van der Waals surface area contributed by atoms with E-state index in [4.69, 9.17) is 11.6 Å². The fraction of sp³-hybridized carbons (Fsp3) is 0.176. The monoisotopic (exact) mass is 385 g/mol. The van der Waals surface area contributed by atoms with E-state index < -0.39 is 23.6 Å². The summed E-state index contributed by atoms with van der Waals surface area (Å²) in [4.78, 5) is 22.9. The summed E-state index contributed by atoms with van der Waals surface area (Å²) >= 11 is 5.80. The van der Waals surface area contributed by atoms with Crippen molar-refractivity contribution in [3.63, 3.8) is 0 Å². The first kappa shape index (κ1) is 19.6. The van der Waals surface area contributed by atoms with Gasteiger partial charge in [0, 0.05) is 29.0 Å². The van der Waals surface area contributed by atoms with E-state index in [0.717, 1.165) is 12.1 Å². The number of halogens is 4. The Balaban J connectivity index is 2.10. The molecule has 0 aliphatic carbocycles.